The lowest BCUT2D eigenvalue weighted by molar-refractivity contribution is 0.173. The number of nitrogens with zero attached hydrogens (tertiary/aromatic N) is 1. The van der Waals surface area contributed by atoms with E-state index in [1.165, 1.54) is 0 Å². The molecule has 3 heteroatoms. The molecule has 1 aromatic heterocycles. The van der Waals surface area contributed by atoms with Crippen LogP contribution in [0.1, 0.15) is 44.8 Å². The molecule has 0 radical (unpaired) electrons. The van der Waals surface area contributed by atoms with E-state index >= 15 is 0 Å². The number of furan rings is 1. The topological polar surface area (TPSA) is 42.4 Å². The Morgan fingerprint density at radius 3 is 2.39 bits per heavy atom. The second-order valence-electron chi connectivity index (χ2n) is 5.87. The van der Waals surface area contributed by atoms with Crippen molar-refractivity contribution in [2.45, 2.75) is 46.2 Å². The highest BCUT2D eigenvalue weighted by atomic mass is 16.3. The summed E-state index contributed by atoms with van der Waals surface area (Å²) < 4.78 is 5.83. The lowest BCUT2D eigenvalue weighted by Crippen LogP contribution is -2.39. The normalized spacial score (nSPS) is 28.5. The van der Waals surface area contributed by atoms with Gasteiger partial charge in [0.15, 0.2) is 0 Å². The first-order valence-corrected chi connectivity index (χ1v) is 7.08. The number of nitrogens with two attached hydrogens (primary N) is 1. The van der Waals surface area contributed by atoms with Gasteiger partial charge in [-0.2, -0.15) is 0 Å². The maximum absolute atomic E-state index is 6.33. The third-order valence-corrected chi connectivity index (χ3v) is 4.34. The van der Waals surface area contributed by atoms with Crippen LogP contribution in [-0.4, -0.2) is 24.0 Å². The molecular formula is C15H26N2O. The molecule has 102 valence electrons. The summed E-state index contributed by atoms with van der Waals surface area (Å²) in [6.07, 6.45) is 0.976. The van der Waals surface area contributed by atoms with Crippen molar-refractivity contribution in [2.24, 2.45) is 17.6 Å². The van der Waals surface area contributed by atoms with Gasteiger partial charge in [0.25, 0.3) is 0 Å². The summed E-state index contributed by atoms with van der Waals surface area (Å²) in [5.41, 5.74) is 6.33. The average molecular weight is 250 g/mol. The van der Waals surface area contributed by atoms with Crippen molar-refractivity contribution in [1.82, 2.24) is 4.90 Å². The molecular weight excluding hydrogens is 224 g/mol. The van der Waals surface area contributed by atoms with Crippen molar-refractivity contribution in [3.63, 3.8) is 0 Å². The van der Waals surface area contributed by atoms with Crippen molar-refractivity contribution in [3.8, 4) is 0 Å². The van der Waals surface area contributed by atoms with Crippen molar-refractivity contribution < 1.29 is 4.42 Å². The van der Waals surface area contributed by atoms with E-state index < -0.39 is 0 Å². The Bertz CT molecular complexity index is 378. The van der Waals surface area contributed by atoms with Gasteiger partial charge < -0.3 is 10.2 Å². The Morgan fingerprint density at radius 1 is 1.33 bits per heavy atom. The number of rotatable bonds is 4. The fourth-order valence-corrected chi connectivity index (χ4v) is 2.90. The van der Waals surface area contributed by atoms with Crippen molar-refractivity contribution in [1.29, 1.82) is 0 Å². The van der Waals surface area contributed by atoms with E-state index in [2.05, 4.69) is 31.7 Å². The summed E-state index contributed by atoms with van der Waals surface area (Å²) in [5, 5.41) is 0. The Hall–Kier alpha value is -0.800. The smallest absolute Gasteiger partial charge is 0.122 e. The van der Waals surface area contributed by atoms with E-state index in [9.17, 15) is 0 Å². The number of aryl methyl sites for hydroxylation is 1. The predicted molar refractivity (Wildman–Crippen MR) is 74.4 cm³/mol. The minimum atomic E-state index is 0.146. The van der Waals surface area contributed by atoms with Gasteiger partial charge >= 0.3 is 0 Å². The van der Waals surface area contributed by atoms with Crippen LogP contribution in [0, 0.1) is 18.8 Å². The molecule has 0 amide bonds. The molecule has 1 aliphatic rings. The third kappa shape index (κ3) is 2.62. The molecule has 1 aromatic rings. The molecule has 2 N–H and O–H groups in total. The highest BCUT2D eigenvalue weighted by Crippen LogP contribution is 2.33. The maximum atomic E-state index is 6.33. The molecule has 4 atom stereocenters. The molecule has 2 heterocycles. The average Bonchev–Trinajstić information content (AvgIpc) is 2.87. The van der Waals surface area contributed by atoms with Crippen molar-refractivity contribution >= 4 is 0 Å². The quantitative estimate of drug-likeness (QED) is 0.893. The van der Waals surface area contributed by atoms with Gasteiger partial charge in [-0.15, -0.1) is 0 Å². The zero-order valence-electron chi connectivity index (χ0n) is 12.0. The molecule has 1 saturated heterocycles. The van der Waals surface area contributed by atoms with Gasteiger partial charge in [-0.3, -0.25) is 4.90 Å². The molecule has 1 fully saturated rings. The minimum Gasteiger partial charge on any atom is -0.465 e. The monoisotopic (exact) mass is 250 g/mol. The van der Waals surface area contributed by atoms with Crippen LogP contribution < -0.4 is 5.73 Å². The summed E-state index contributed by atoms with van der Waals surface area (Å²) >= 11 is 0. The van der Waals surface area contributed by atoms with Crippen molar-refractivity contribution in [2.75, 3.05) is 13.1 Å². The lowest BCUT2D eigenvalue weighted by atomic mass is 10.0. The van der Waals surface area contributed by atoms with E-state index in [-0.39, 0.29) is 12.1 Å². The third-order valence-electron chi connectivity index (χ3n) is 4.34. The van der Waals surface area contributed by atoms with Gasteiger partial charge in [-0.1, -0.05) is 20.8 Å². The Labute approximate surface area is 110 Å². The maximum Gasteiger partial charge on any atom is 0.122 e. The summed E-state index contributed by atoms with van der Waals surface area (Å²) in [5.74, 6) is 3.49. The largest absolute Gasteiger partial charge is 0.465 e. The van der Waals surface area contributed by atoms with Gasteiger partial charge in [0.05, 0.1) is 6.04 Å². The van der Waals surface area contributed by atoms with Crippen LogP contribution in [0.4, 0.5) is 0 Å². The van der Waals surface area contributed by atoms with Gasteiger partial charge in [-0.05, 0) is 37.3 Å². The fraction of sp³-hybridized carbons (Fsp3) is 0.733. The van der Waals surface area contributed by atoms with E-state index in [0.29, 0.717) is 0 Å². The Morgan fingerprint density at radius 2 is 1.94 bits per heavy atom. The SMILES string of the molecule is CCC(N)C(c1ccc(C)o1)N1CC(C)C(C)C1. The van der Waals surface area contributed by atoms with E-state index in [0.717, 1.165) is 42.9 Å². The predicted octanol–water partition coefficient (Wildman–Crippen LogP) is 2.95. The minimum absolute atomic E-state index is 0.146. The zero-order valence-corrected chi connectivity index (χ0v) is 12.0. The second-order valence-corrected chi connectivity index (χ2v) is 5.87. The van der Waals surface area contributed by atoms with Crippen LogP contribution in [0.2, 0.25) is 0 Å². The van der Waals surface area contributed by atoms with Crippen LogP contribution in [0.3, 0.4) is 0 Å². The summed E-state index contributed by atoms with van der Waals surface area (Å²) in [4.78, 5) is 2.50. The standard InChI is InChI=1S/C15H26N2O/c1-5-13(16)15(14-7-6-12(4)18-14)17-8-10(2)11(3)9-17/h6-7,10-11,13,15H,5,8-9,16H2,1-4H3. The molecule has 4 unspecified atom stereocenters. The Kier molecular flexibility index (Phi) is 4.13. The second kappa shape index (κ2) is 5.45. The number of hydrogen-bond acceptors (Lipinski definition) is 3. The van der Waals surface area contributed by atoms with Crippen LogP contribution in [0.25, 0.3) is 0 Å². The molecule has 3 nitrogen and oxygen atoms in total. The van der Waals surface area contributed by atoms with Gasteiger partial charge in [-0.25, -0.2) is 0 Å². The number of hydrogen-bond donors (Lipinski definition) is 1. The highest BCUT2D eigenvalue weighted by Gasteiger charge is 2.35. The first kappa shape index (κ1) is 13.6. The zero-order chi connectivity index (χ0) is 13.3. The lowest BCUT2D eigenvalue weighted by Gasteiger charge is -2.30. The number of likely N-dealkylation sites (tertiary alicyclic amines) is 1. The van der Waals surface area contributed by atoms with E-state index in [1.807, 2.05) is 13.0 Å². The molecule has 0 bridgehead atoms. The van der Waals surface area contributed by atoms with E-state index in [4.69, 9.17) is 10.2 Å². The van der Waals surface area contributed by atoms with Crippen LogP contribution in [0.15, 0.2) is 16.5 Å². The van der Waals surface area contributed by atoms with Crippen LogP contribution in [0.5, 0.6) is 0 Å². The molecule has 0 aliphatic carbocycles. The molecule has 0 spiro atoms. The molecule has 18 heavy (non-hydrogen) atoms. The molecule has 0 saturated carbocycles. The summed E-state index contributed by atoms with van der Waals surface area (Å²) in [6, 6.07) is 4.50. The molecule has 0 aromatic carbocycles. The van der Waals surface area contributed by atoms with Crippen LogP contribution in [-0.2, 0) is 0 Å². The fourth-order valence-electron chi connectivity index (χ4n) is 2.90. The van der Waals surface area contributed by atoms with E-state index in [1.54, 1.807) is 0 Å². The van der Waals surface area contributed by atoms with Crippen molar-refractivity contribution in [3.05, 3.63) is 23.7 Å². The molecule has 1 aliphatic heterocycles. The summed E-state index contributed by atoms with van der Waals surface area (Å²) in [6.45, 7) is 11.0. The molecule has 2 rings (SSSR count). The van der Waals surface area contributed by atoms with Gasteiger partial charge in [0.2, 0.25) is 0 Å². The van der Waals surface area contributed by atoms with Gasteiger partial charge in [0.1, 0.15) is 11.5 Å². The summed E-state index contributed by atoms with van der Waals surface area (Å²) in [7, 11) is 0. The van der Waals surface area contributed by atoms with Crippen LogP contribution >= 0.6 is 0 Å². The van der Waals surface area contributed by atoms with Gasteiger partial charge in [0, 0.05) is 19.1 Å². The Balaban J connectivity index is 2.21. The first-order valence-electron chi connectivity index (χ1n) is 7.08. The first-order chi connectivity index (χ1) is 8.52. The highest BCUT2D eigenvalue weighted by molar-refractivity contribution is 5.13.